The predicted octanol–water partition coefficient (Wildman–Crippen LogP) is 3.07. The maximum Gasteiger partial charge on any atom is 0.418 e. The summed E-state index contributed by atoms with van der Waals surface area (Å²) in [5.74, 6) is 4.91. The molecule has 0 saturated carbocycles. The van der Waals surface area contributed by atoms with Crippen LogP contribution < -0.4 is 11.3 Å². The van der Waals surface area contributed by atoms with Crippen molar-refractivity contribution in [1.82, 2.24) is 0 Å². The van der Waals surface area contributed by atoms with Crippen molar-refractivity contribution in [2.75, 3.05) is 5.43 Å². The van der Waals surface area contributed by atoms with E-state index in [9.17, 15) is 13.2 Å². The minimum Gasteiger partial charge on any atom is -0.323 e. The van der Waals surface area contributed by atoms with E-state index in [4.69, 9.17) is 17.4 Å². The van der Waals surface area contributed by atoms with Crippen molar-refractivity contribution in [2.45, 2.75) is 6.18 Å². The fourth-order valence-corrected chi connectivity index (χ4v) is 1.06. The molecule has 1 aromatic carbocycles. The summed E-state index contributed by atoms with van der Waals surface area (Å²) in [4.78, 5) is 0. The average Bonchev–Trinajstić information content (AvgIpc) is 2.01. The Hall–Kier alpha value is -0.650. The lowest BCUT2D eigenvalue weighted by Gasteiger charge is -2.11. The van der Waals surface area contributed by atoms with E-state index in [1.165, 1.54) is 0 Å². The number of rotatable bonds is 1. The van der Waals surface area contributed by atoms with E-state index in [2.05, 4.69) is 0 Å². The van der Waals surface area contributed by atoms with Crippen LogP contribution in [-0.2, 0) is 6.18 Å². The number of alkyl halides is 3. The Morgan fingerprint density at radius 2 is 1.86 bits per heavy atom. The van der Waals surface area contributed by atoms with Gasteiger partial charge in [0, 0.05) is 5.02 Å². The van der Waals surface area contributed by atoms with Gasteiger partial charge in [-0.1, -0.05) is 11.6 Å². The van der Waals surface area contributed by atoms with Crippen molar-refractivity contribution in [2.24, 2.45) is 5.84 Å². The topological polar surface area (TPSA) is 38.0 Å². The first kappa shape index (κ1) is 13.4. The van der Waals surface area contributed by atoms with Gasteiger partial charge >= 0.3 is 6.18 Å². The lowest BCUT2D eigenvalue weighted by Crippen LogP contribution is -2.14. The molecule has 0 fully saturated rings. The second-order valence-electron chi connectivity index (χ2n) is 2.33. The zero-order chi connectivity index (χ0) is 10.1. The monoisotopic (exact) mass is 246 g/mol. The zero-order valence-corrected chi connectivity index (χ0v) is 8.30. The quantitative estimate of drug-likeness (QED) is 0.591. The number of hydrazine groups is 1. The lowest BCUT2D eigenvalue weighted by molar-refractivity contribution is -0.136. The van der Waals surface area contributed by atoms with Gasteiger partial charge in [0.2, 0.25) is 0 Å². The maximum atomic E-state index is 12.2. The number of nitrogens with two attached hydrogens (primary N) is 1. The number of hydrogen-bond donors (Lipinski definition) is 2. The van der Waals surface area contributed by atoms with Crippen LogP contribution >= 0.6 is 24.0 Å². The smallest absolute Gasteiger partial charge is 0.323 e. The van der Waals surface area contributed by atoms with Crippen LogP contribution in [0.2, 0.25) is 5.02 Å². The molecule has 0 aliphatic carbocycles. The molecule has 1 rings (SSSR count). The molecule has 0 aliphatic rings. The first-order chi connectivity index (χ1) is 5.95. The number of halogens is 5. The van der Waals surface area contributed by atoms with Crippen molar-refractivity contribution >= 4 is 29.7 Å². The second-order valence-corrected chi connectivity index (χ2v) is 2.77. The minimum absolute atomic E-state index is 0. The van der Waals surface area contributed by atoms with Gasteiger partial charge in [0.05, 0.1) is 11.3 Å². The zero-order valence-electron chi connectivity index (χ0n) is 6.73. The number of nitrogen functional groups attached to an aromatic ring is 1. The summed E-state index contributed by atoms with van der Waals surface area (Å²) in [6.07, 6.45) is -4.42. The van der Waals surface area contributed by atoms with Crippen molar-refractivity contribution in [3.05, 3.63) is 28.8 Å². The molecule has 1 aromatic rings. The molecule has 0 saturated heterocycles. The Morgan fingerprint density at radius 3 is 2.29 bits per heavy atom. The summed E-state index contributed by atoms with van der Waals surface area (Å²) in [7, 11) is 0. The molecule has 7 heteroatoms. The van der Waals surface area contributed by atoms with E-state index < -0.39 is 11.7 Å². The van der Waals surface area contributed by atoms with Gasteiger partial charge in [-0.25, -0.2) is 0 Å². The largest absolute Gasteiger partial charge is 0.418 e. The standard InChI is InChI=1S/C7H6ClF3N2.ClH/c8-4-1-2-5(7(9,10)11)6(3-4)13-12;/h1-3,13H,12H2;1H. The average molecular weight is 247 g/mol. The minimum atomic E-state index is -4.42. The number of nitrogens with one attached hydrogen (secondary N) is 1. The molecular formula is C7H7Cl2F3N2. The third-order valence-corrected chi connectivity index (χ3v) is 1.68. The molecule has 0 heterocycles. The SMILES string of the molecule is Cl.NNc1cc(Cl)ccc1C(F)(F)F. The highest BCUT2D eigenvalue weighted by Gasteiger charge is 2.33. The summed E-state index contributed by atoms with van der Waals surface area (Å²) >= 11 is 5.48. The van der Waals surface area contributed by atoms with Gasteiger partial charge in [0.25, 0.3) is 0 Å². The Labute approximate surface area is 89.6 Å². The summed E-state index contributed by atoms with van der Waals surface area (Å²) in [5, 5.41) is 0.195. The summed E-state index contributed by atoms with van der Waals surface area (Å²) in [6, 6.07) is 3.15. The molecule has 0 radical (unpaired) electrons. The molecule has 0 spiro atoms. The van der Waals surface area contributed by atoms with E-state index in [0.717, 1.165) is 18.2 Å². The molecular weight excluding hydrogens is 240 g/mol. The molecule has 80 valence electrons. The molecule has 0 amide bonds. The molecule has 14 heavy (non-hydrogen) atoms. The first-order valence-corrected chi connectivity index (χ1v) is 3.66. The summed E-state index contributed by atoms with van der Waals surface area (Å²) < 4.78 is 36.7. The van der Waals surface area contributed by atoms with Crippen LogP contribution in [0.4, 0.5) is 18.9 Å². The highest BCUT2D eigenvalue weighted by Crippen LogP contribution is 2.35. The van der Waals surface area contributed by atoms with Gasteiger partial charge in [-0.05, 0) is 18.2 Å². The molecule has 0 aromatic heterocycles. The normalized spacial score (nSPS) is 10.6. The van der Waals surface area contributed by atoms with Gasteiger partial charge in [-0.2, -0.15) is 13.2 Å². The van der Waals surface area contributed by atoms with Crippen molar-refractivity contribution in [3.63, 3.8) is 0 Å². The van der Waals surface area contributed by atoms with Crippen LogP contribution in [0.1, 0.15) is 5.56 Å². The Morgan fingerprint density at radius 1 is 1.29 bits per heavy atom. The van der Waals surface area contributed by atoms with Crippen LogP contribution in [0, 0.1) is 0 Å². The summed E-state index contributed by atoms with van der Waals surface area (Å²) in [5.41, 5.74) is 0.868. The molecule has 2 nitrogen and oxygen atoms in total. The Kier molecular flexibility index (Phi) is 4.51. The molecule has 3 N–H and O–H groups in total. The van der Waals surface area contributed by atoms with E-state index in [0.29, 0.717) is 0 Å². The van der Waals surface area contributed by atoms with Crippen LogP contribution in [0.5, 0.6) is 0 Å². The number of benzene rings is 1. The van der Waals surface area contributed by atoms with Crippen LogP contribution in [0.3, 0.4) is 0 Å². The van der Waals surface area contributed by atoms with E-state index in [-0.39, 0.29) is 23.1 Å². The van der Waals surface area contributed by atoms with Crippen LogP contribution in [0.25, 0.3) is 0 Å². The lowest BCUT2D eigenvalue weighted by atomic mass is 10.2. The highest BCUT2D eigenvalue weighted by atomic mass is 35.5. The van der Waals surface area contributed by atoms with Gasteiger partial charge in [-0.15, -0.1) is 12.4 Å². The Balaban J connectivity index is 0.00000169. The molecule has 0 atom stereocenters. The van der Waals surface area contributed by atoms with E-state index in [1.54, 1.807) is 0 Å². The Bertz CT molecular complexity index is 314. The van der Waals surface area contributed by atoms with Gasteiger partial charge in [0.15, 0.2) is 0 Å². The van der Waals surface area contributed by atoms with Crippen LogP contribution in [0.15, 0.2) is 18.2 Å². The fraction of sp³-hybridized carbons (Fsp3) is 0.143. The van der Waals surface area contributed by atoms with Crippen LogP contribution in [-0.4, -0.2) is 0 Å². The highest BCUT2D eigenvalue weighted by molar-refractivity contribution is 6.30. The predicted molar refractivity (Wildman–Crippen MR) is 51.5 cm³/mol. The van der Waals surface area contributed by atoms with Gasteiger partial charge in [-0.3, -0.25) is 5.84 Å². The van der Waals surface area contributed by atoms with E-state index in [1.807, 2.05) is 5.43 Å². The fourth-order valence-electron chi connectivity index (χ4n) is 0.883. The summed E-state index contributed by atoms with van der Waals surface area (Å²) in [6.45, 7) is 0. The molecule has 0 bridgehead atoms. The van der Waals surface area contributed by atoms with Crippen molar-refractivity contribution < 1.29 is 13.2 Å². The molecule has 0 aliphatic heterocycles. The number of hydrogen-bond acceptors (Lipinski definition) is 2. The van der Waals surface area contributed by atoms with Gasteiger partial charge in [0.1, 0.15) is 0 Å². The van der Waals surface area contributed by atoms with Gasteiger partial charge < -0.3 is 5.43 Å². The first-order valence-electron chi connectivity index (χ1n) is 3.28. The second kappa shape index (κ2) is 4.72. The molecule has 0 unspecified atom stereocenters. The van der Waals surface area contributed by atoms with E-state index >= 15 is 0 Å². The van der Waals surface area contributed by atoms with Crippen molar-refractivity contribution in [3.8, 4) is 0 Å². The maximum absolute atomic E-state index is 12.2. The van der Waals surface area contributed by atoms with Crippen molar-refractivity contribution in [1.29, 1.82) is 0 Å². The third kappa shape index (κ3) is 2.94. The number of anilines is 1. The third-order valence-electron chi connectivity index (χ3n) is 1.44.